The third-order valence-electron chi connectivity index (χ3n) is 4.05. The van der Waals surface area contributed by atoms with Gasteiger partial charge in [-0.05, 0) is 48.3 Å². The standard InChI is InChI=1S/C17H23NO3/c1-17(2,11-15(19)20)8-7-12-5-6-13-4-3-9-18-16(21)14(13)10-12/h5-6,10H,3-4,7-9,11H2,1-2H3,(H,18,21)(H,19,20). The number of benzene rings is 1. The van der Waals surface area contributed by atoms with Crippen molar-refractivity contribution in [2.75, 3.05) is 6.54 Å². The van der Waals surface area contributed by atoms with Crippen molar-refractivity contribution in [3.63, 3.8) is 0 Å². The molecule has 0 fully saturated rings. The minimum atomic E-state index is -0.763. The number of aryl methyl sites for hydroxylation is 2. The molecule has 1 aromatic rings. The summed E-state index contributed by atoms with van der Waals surface area (Å²) in [7, 11) is 0. The summed E-state index contributed by atoms with van der Waals surface area (Å²) >= 11 is 0. The molecule has 1 aliphatic rings. The number of amides is 1. The van der Waals surface area contributed by atoms with E-state index in [0.29, 0.717) is 0 Å². The van der Waals surface area contributed by atoms with E-state index in [1.165, 1.54) is 0 Å². The molecule has 0 saturated carbocycles. The van der Waals surface area contributed by atoms with Gasteiger partial charge in [-0.3, -0.25) is 9.59 Å². The first-order valence-electron chi connectivity index (χ1n) is 7.49. The lowest BCUT2D eigenvalue weighted by Gasteiger charge is -2.22. The molecule has 2 rings (SSSR count). The average Bonchev–Trinajstić information content (AvgIpc) is 2.57. The average molecular weight is 289 g/mol. The lowest BCUT2D eigenvalue weighted by molar-refractivity contribution is -0.139. The second-order valence-electron chi connectivity index (χ2n) is 6.59. The van der Waals surface area contributed by atoms with Gasteiger partial charge in [0, 0.05) is 12.1 Å². The van der Waals surface area contributed by atoms with E-state index in [9.17, 15) is 9.59 Å². The van der Waals surface area contributed by atoms with E-state index < -0.39 is 5.97 Å². The normalized spacial score (nSPS) is 15.0. The molecule has 4 heteroatoms. The zero-order valence-electron chi connectivity index (χ0n) is 12.7. The molecular formula is C17H23NO3. The van der Waals surface area contributed by atoms with E-state index in [1.807, 2.05) is 26.0 Å². The van der Waals surface area contributed by atoms with Crippen LogP contribution in [0, 0.1) is 5.41 Å². The van der Waals surface area contributed by atoms with Crippen molar-refractivity contribution in [3.8, 4) is 0 Å². The monoisotopic (exact) mass is 289 g/mol. The smallest absolute Gasteiger partial charge is 0.303 e. The highest BCUT2D eigenvalue weighted by Crippen LogP contribution is 2.27. The first-order valence-corrected chi connectivity index (χ1v) is 7.49. The predicted octanol–water partition coefficient (Wildman–Crippen LogP) is 2.80. The van der Waals surface area contributed by atoms with Gasteiger partial charge < -0.3 is 10.4 Å². The van der Waals surface area contributed by atoms with Gasteiger partial charge >= 0.3 is 5.97 Å². The van der Waals surface area contributed by atoms with Crippen LogP contribution in [0.4, 0.5) is 0 Å². The van der Waals surface area contributed by atoms with E-state index in [2.05, 4.69) is 11.4 Å². The van der Waals surface area contributed by atoms with Crippen molar-refractivity contribution in [2.45, 2.75) is 46.0 Å². The Bertz CT molecular complexity index is 549. The first kappa shape index (κ1) is 15.5. The molecule has 0 spiro atoms. The molecular weight excluding hydrogens is 266 g/mol. The molecule has 1 heterocycles. The molecule has 0 bridgehead atoms. The Labute approximate surface area is 125 Å². The highest BCUT2D eigenvalue weighted by atomic mass is 16.4. The summed E-state index contributed by atoms with van der Waals surface area (Å²) in [4.78, 5) is 22.9. The van der Waals surface area contributed by atoms with Crippen LogP contribution in [0.25, 0.3) is 0 Å². The molecule has 0 unspecified atom stereocenters. The molecule has 114 valence electrons. The Morgan fingerprint density at radius 2 is 2.14 bits per heavy atom. The highest BCUT2D eigenvalue weighted by molar-refractivity contribution is 5.96. The first-order chi connectivity index (χ1) is 9.87. The van der Waals surface area contributed by atoms with Gasteiger partial charge in [0.2, 0.25) is 0 Å². The maximum atomic E-state index is 12.0. The third-order valence-corrected chi connectivity index (χ3v) is 4.05. The summed E-state index contributed by atoms with van der Waals surface area (Å²) in [5.41, 5.74) is 2.75. The quantitative estimate of drug-likeness (QED) is 0.876. The minimum absolute atomic E-state index is 0.00847. The Balaban J connectivity index is 2.08. The van der Waals surface area contributed by atoms with Crippen LogP contribution in [0.3, 0.4) is 0 Å². The Kier molecular flexibility index (Phi) is 4.66. The van der Waals surface area contributed by atoms with Crippen molar-refractivity contribution < 1.29 is 14.7 Å². The number of carbonyl (C=O) groups is 2. The van der Waals surface area contributed by atoms with Crippen LogP contribution in [-0.2, 0) is 17.6 Å². The number of fused-ring (bicyclic) bond motifs is 1. The summed E-state index contributed by atoms with van der Waals surface area (Å²) in [5, 5.41) is 11.8. The van der Waals surface area contributed by atoms with Gasteiger partial charge in [0.15, 0.2) is 0 Å². The molecule has 0 aliphatic carbocycles. The molecule has 1 aliphatic heterocycles. The molecule has 21 heavy (non-hydrogen) atoms. The number of nitrogens with one attached hydrogen (secondary N) is 1. The number of aliphatic carboxylic acids is 1. The van der Waals surface area contributed by atoms with E-state index in [1.54, 1.807) is 0 Å². The van der Waals surface area contributed by atoms with Crippen molar-refractivity contribution >= 4 is 11.9 Å². The predicted molar refractivity (Wildman–Crippen MR) is 81.5 cm³/mol. The van der Waals surface area contributed by atoms with Crippen LogP contribution in [0.1, 0.15) is 54.6 Å². The second-order valence-corrected chi connectivity index (χ2v) is 6.59. The van der Waals surface area contributed by atoms with Crippen LogP contribution in [0.5, 0.6) is 0 Å². The number of hydrogen-bond acceptors (Lipinski definition) is 2. The summed E-state index contributed by atoms with van der Waals surface area (Å²) < 4.78 is 0. The van der Waals surface area contributed by atoms with Crippen LogP contribution in [-0.4, -0.2) is 23.5 Å². The summed E-state index contributed by atoms with van der Waals surface area (Å²) in [6.45, 7) is 4.67. The van der Waals surface area contributed by atoms with Crippen LogP contribution in [0.15, 0.2) is 18.2 Å². The third kappa shape index (κ3) is 4.31. The van der Waals surface area contributed by atoms with Gasteiger partial charge in [-0.25, -0.2) is 0 Å². The second kappa shape index (κ2) is 6.29. The zero-order valence-corrected chi connectivity index (χ0v) is 12.7. The molecule has 2 N–H and O–H groups in total. The van der Waals surface area contributed by atoms with Crippen LogP contribution in [0.2, 0.25) is 0 Å². The van der Waals surface area contributed by atoms with Gasteiger partial charge in [-0.1, -0.05) is 26.0 Å². The largest absolute Gasteiger partial charge is 0.481 e. The summed E-state index contributed by atoms with van der Waals surface area (Å²) in [6, 6.07) is 6.07. The number of carbonyl (C=O) groups excluding carboxylic acids is 1. The summed E-state index contributed by atoms with van der Waals surface area (Å²) in [6.07, 6.45) is 3.65. The maximum absolute atomic E-state index is 12.0. The molecule has 0 saturated heterocycles. The van der Waals surface area contributed by atoms with E-state index >= 15 is 0 Å². The van der Waals surface area contributed by atoms with Crippen LogP contribution >= 0.6 is 0 Å². The molecule has 4 nitrogen and oxygen atoms in total. The minimum Gasteiger partial charge on any atom is -0.481 e. The lowest BCUT2D eigenvalue weighted by atomic mass is 9.83. The number of hydrogen-bond donors (Lipinski definition) is 2. The fourth-order valence-corrected chi connectivity index (χ4v) is 2.76. The SMILES string of the molecule is CC(C)(CCc1ccc2c(c1)C(=O)NCCC2)CC(=O)O. The Hall–Kier alpha value is -1.84. The molecule has 1 amide bonds. The fraction of sp³-hybridized carbons (Fsp3) is 0.529. The molecule has 0 aromatic heterocycles. The molecule has 0 radical (unpaired) electrons. The van der Waals surface area contributed by atoms with Gasteiger partial charge in [0.05, 0.1) is 6.42 Å². The summed E-state index contributed by atoms with van der Waals surface area (Å²) in [5.74, 6) is -0.754. The highest BCUT2D eigenvalue weighted by Gasteiger charge is 2.22. The van der Waals surface area contributed by atoms with Gasteiger partial charge in [-0.15, -0.1) is 0 Å². The van der Waals surface area contributed by atoms with Gasteiger partial charge in [0.1, 0.15) is 0 Å². The molecule has 1 aromatic carbocycles. The Morgan fingerprint density at radius 1 is 1.38 bits per heavy atom. The molecule has 0 atom stereocenters. The van der Waals surface area contributed by atoms with E-state index in [-0.39, 0.29) is 17.7 Å². The van der Waals surface area contributed by atoms with Crippen molar-refractivity contribution in [3.05, 3.63) is 34.9 Å². The van der Waals surface area contributed by atoms with E-state index in [0.717, 1.165) is 48.9 Å². The maximum Gasteiger partial charge on any atom is 0.303 e. The zero-order chi connectivity index (χ0) is 15.5. The number of carboxylic acids is 1. The fourth-order valence-electron chi connectivity index (χ4n) is 2.76. The lowest BCUT2D eigenvalue weighted by Crippen LogP contribution is -2.22. The van der Waals surface area contributed by atoms with Gasteiger partial charge in [-0.2, -0.15) is 0 Å². The Morgan fingerprint density at radius 3 is 2.86 bits per heavy atom. The van der Waals surface area contributed by atoms with Crippen molar-refractivity contribution in [1.82, 2.24) is 5.32 Å². The van der Waals surface area contributed by atoms with Crippen LogP contribution < -0.4 is 5.32 Å². The topological polar surface area (TPSA) is 66.4 Å². The van der Waals surface area contributed by atoms with Crippen molar-refractivity contribution in [2.24, 2.45) is 5.41 Å². The van der Waals surface area contributed by atoms with Crippen molar-refractivity contribution in [1.29, 1.82) is 0 Å². The van der Waals surface area contributed by atoms with E-state index in [4.69, 9.17) is 5.11 Å². The number of carboxylic acid groups (broad SMARTS) is 1. The van der Waals surface area contributed by atoms with Gasteiger partial charge in [0.25, 0.3) is 5.91 Å². The number of rotatable bonds is 5.